The van der Waals surface area contributed by atoms with E-state index in [4.69, 9.17) is 4.74 Å². The molecule has 1 aliphatic heterocycles. The van der Waals surface area contributed by atoms with E-state index in [9.17, 15) is 33.8 Å². The fraction of sp³-hybridized carbons (Fsp3) is 0.562. The van der Waals surface area contributed by atoms with Gasteiger partial charge >= 0.3 is 64.8 Å². The van der Waals surface area contributed by atoms with Crippen molar-refractivity contribution in [2.75, 3.05) is 13.2 Å². The van der Waals surface area contributed by atoms with Crippen LogP contribution in [0.5, 0.6) is 0 Å². The van der Waals surface area contributed by atoms with E-state index < -0.39 is 44.1 Å². The molecule has 0 bridgehead atoms. The first kappa shape index (κ1) is 30.7. The minimum Gasteiger partial charge on any atom is -0.790 e. The van der Waals surface area contributed by atoms with Crippen molar-refractivity contribution in [3.63, 3.8) is 0 Å². The monoisotopic (exact) mass is 475 g/mol. The minimum absolute atomic E-state index is 0. The Bertz CT molecular complexity index is 966. The van der Waals surface area contributed by atoms with Crippen LogP contribution in [-0.4, -0.2) is 45.9 Å². The number of rotatable bonds is 7. The van der Waals surface area contributed by atoms with Crippen LogP contribution in [0.2, 0.25) is 0 Å². The molecule has 15 heteroatoms. The number of H-pyrrole nitrogens is 1. The number of phosphoric acid groups is 1. The number of carbonyl (C=O) groups is 1. The van der Waals surface area contributed by atoms with Gasteiger partial charge in [0.25, 0.3) is 5.56 Å². The summed E-state index contributed by atoms with van der Waals surface area (Å²) in [6.45, 7) is 1.16. The minimum atomic E-state index is -5.24. The van der Waals surface area contributed by atoms with E-state index in [-0.39, 0.29) is 83.6 Å². The van der Waals surface area contributed by atoms with Crippen LogP contribution < -0.4 is 85.5 Å². The fourth-order valence-electron chi connectivity index (χ4n) is 2.59. The van der Waals surface area contributed by atoms with Gasteiger partial charge in [-0.15, -0.1) is 0 Å². The molecule has 1 unspecified atom stereocenters. The number of aromatic amines is 1. The van der Waals surface area contributed by atoms with Crippen molar-refractivity contribution in [2.24, 2.45) is 0 Å². The van der Waals surface area contributed by atoms with Crippen LogP contribution in [0.3, 0.4) is 0 Å². The number of aromatic nitrogens is 2. The molecular weight excluding hydrogens is 455 g/mol. The number of amides is 1. The standard InChI is InChI=1S/C16H22N3O9P.2Na/c1-2-4-13(21)17-6-3-5-10-8-19(16(23)18-15(10)22)14-7-11(20)12(28-14)9-27-29(24,25)26;;/h8,11-12,14,20H,2,4,6-7,9H2,1H3,(H,17,21)(H,18,22,23)(H2,24,25,26);;/q;2*+1/p-2/t11?,12-,14-;;/m1../s1. The number of hydrogen-bond acceptors (Lipinski definition) is 9. The third kappa shape index (κ3) is 10.0. The van der Waals surface area contributed by atoms with Crippen LogP contribution in [0.15, 0.2) is 15.8 Å². The molecule has 2 rings (SSSR count). The van der Waals surface area contributed by atoms with Gasteiger partial charge in [0.2, 0.25) is 5.91 Å². The Labute approximate surface area is 221 Å². The van der Waals surface area contributed by atoms with Gasteiger partial charge in [0.1, 0.15) is 17.9 Å². The Morgan fingerprint density at radius 2 is 2.13 bits per heavy atom. The molecule has 0 radical (unpaired) electrons. The molecule has 3 atom stereocenters. The normalized spacial score (nSPS) is 20.1. The number of aliphatic hydroxyl groups is 1. The summed E-state index contributed by atoms with van der Waals surface area (Å²) < 4.78 is 21.0. The Morgan fingerprint density at radius 3 is 2.74 bits per heavy atom. The van der Waals surface area contributed by atoms with Crippen LogP contribution in [0.1, 0.15) is 38.0 Å². The Kier molecular flexibility index (Phi) is 14.0. The van der Waals surface area contributed by atoms with Crippen LogP contribution in [-0.2, 0) is 18.6 Å². The van der Waals surface area contributed by atoms with Crippen molar-refractivity contribution < 1.29 is 92.6 Å². The zero-order valence-corrected chi connectivity index (χ0v) is 22.3. The van der Waals surface area contributed by atoms with Crippen molar-refractivity contribution in [3.8, 4) is 11.8 Å². The number of hydrogen-bond donors (Lipinski definition) is 3. The Morgan fingerprint density at radius 1 is 1.45 bits per heavy atom. The molecule has 0 spiro atoms. The van der Waals surface area contributed by atoms with E-state index in [1.807, 2.05) is 6.92 Å². The van der Waals surface area contributed by atoms with Crippen LogP contribution in [0.25, 0.3) is 0 Å². The number of nitrogens with zero attached hydrogens (tertiary/aromatic N) is 1. The molecule has 3 N–H and O–H groups in total. The van der Waals surface area contributed by atoms with E-state index in [2.05, 4.69) is 26.7 Å². The summed E-state index contributed by atoms with van der Waals surface area (Å²) in [5.41, 5.74) is -1.64. The molecular formula is C16H20N3Na2O9P. The van der Waals surface area contributed by atoms with Gasteiger partial charge in [-0.2, -0.15) is 0 Å². The van der Waals surface area contributed by atoms with Gasteiger partial charge in [0.05, 0.1) is 27.1 Å². The van der Waals surface area contributed by atoms with E-state index in [1.165, 1.54) is 0 Å². The Hall–Kier alpha value is -0.260. The summed E-state index contributed by atoms with van der Waals surface area (Å²) in [4.78, 5) is 58.5. The summed E-state index contributed by atoms with van der Waals surface area (Å²) >= 11 is 0. The van der Waals surface area contributed by atoms with Gasteiger partial charge in [-0.1, -0.05) is 18.8 Å². The average Bonchev–Trinajstić information content (AvgIpc) is 2.98. The largest absolute Gasteiger partial charge is 1.00 e. The number of carbonyl (C=O) groups excluding carboxylic acids is 1. The van der Waals surface area contributed by atoms with Gasteiger partial charge < -0.3 is 34.0 Å². The number of ether oxygens (including phenoxy) is 1. The third-order valence-corrected chi connectivity index (χ3v) is 4.42. The van der Waals surface area contributed by atoms with Gasteiger partial charge in [-0.05, 0) is 6.42 Å². The van der Waals surface area contributed by atoms with Crippen molar-refractivity contribution >= 4 is 13.7 Å². The van der Waals surface area contributed by atoms with Gasteiger partial charge in [0.15, 0.2) is 0 Å². The molecule has 0 saturated carbocycles. The predicted octanol–water partition coefficient (Wildman–Crippen LogP) is -8.69. The van der Waals surface area contributed by atoms with Crippen LogP contribution in [0, 0.1) is 11.8 Å². The zero-order valence-electron chi connectivity index (χ0n) is 17.5. The zero-order chi connectivity index (χ0) is 21.6. The molecule has 1 amide bonds. The first-order valence-electron chi connectivity index (χ1n) is 8.72. The van der Waals surface area contributed by atoms with E-state index in [1.54, 1.807) is 0 Å². The van der Waals surface area contributed by atoms with Gasteiger partial charge in [-0.25, -0.2) is 4.79 Å². The molecule has 31 heavy (non-hydrogen) atoms. The van der Waals surface area contributed by atoms with Crippen LogP contribution in [0.4, 0.5) is 0 Å². The van der Waals surface area contributed by atoms with Gasteiger partial charge in [-0.3, -0.25) is 19.1 Å². The van der Waals surface area contributed by atoms with E-state index in [0.717, 1.165) is 10.8 Å². The van der Waals surface area contributed by atoms with Crippen molar-refractivity contribution in [1.82, 2.24) is 14.9 Å². The first-order valence-corrected chi connectivity index (χ1v) is 10.2. The first-order chi connectivity index (χ1) is 13.6. The average molecular weight is 475 g/mol. The van der Waals surface area contributed by atoms with Crippen molar-refractivity contribution in [2.45, 2.75) is 44.6 Å². The smallest absolute Gasteiger partial charge is 0.790 e. The summed E-state index contributed by atoms with van der Waals surface area (Å²) in [6, 6.07) is 0. The van der Waals surface area contributed by atoms with Gasteiger partial charge in [0, 0.05) is 19.0 Å². The predicted molar refractivity (Wildman–Crippen MR) is 94.2 cm³/mol. The summed E-state index contributed by atoms with van der Waals surface area (Å²) in [6.07, 6.45) is -1.33. The molecule has 0 aromatic carbocycles. The summed E-state index contributed by atoms with van der Waals surface area (Å²) in [7, 11) is -5.24. The second kappa shape index (κ2) is 14.1. The van der Waals surface area contributed by atoms with Crippen LogP contribution >= 0.6 is 7.82 Å². The maximum atomic E-state index is 12.1. The molecule has 1 aliphatic rings. The Balaban J connectivity index is 0.00000450. The quantitative estimate of drug-likeness (QED) is 0.196. The number of nitrogens with one attached hydrogen (secondary N) is 2. The summed E-state index contributed by atoms with van der Waals surface area (Å²) in [5.74, 6) is 4.96. The molecule has 160 valence electrons. The molecule has 1 aromatic rings. The molecule has 1 saturated heterocycles. The fourth-order valence-corrected chi connectivity index (χ4v) is 2.92. The second-order valence-corrected chi connectivity index (χ2v) is 7.37. The molecule has 1 fully saturated rings. The van der Waals surface area contributed by atoms with E-state index >= 15 is 0 Å². The maximum Gasteiger partial charge on any atom is 1.00 e. The molecule has 0 aliphatic carbocycles. The second-order valence-electron chi connectivity index (χ2n) is 6.21. The number of phosphoric ester groups is 1. The molecule has 1 aromatic heterocycles. The third-order valence-electron chi connectivity index (χ3n) is 3.95. The number of aliphatic hydroxyl groups excluding tert-OH is 1. The summed E-state index contributed by atoms with van der Waals surface area (Å²) in [5, 5.41) is 12.5. The topological polar surface area (TPSA) is 186 Å². The molecule has 12 nitrogen and oxygen atoms in total. The molecule has 2 heterocycles. The van der Waals surface area contributed by atoms with Crippen molar-refractivity contribution in [1.29, 1.82) is 0 Å². The van der Waals surface area contributed by atoms with E-state index in [0.29, 0.717) is 12.8 Å². The van der Waals surface area contributed by atoms with Crippen molar-refractivity contribution in [3.05, 3.63) is 32.6 Å². The SMILES string of the molecule is CCCC(=O)NCC#Cc1cn([C@H]2CC(O)[C@@H](COP(=O)([O-])[O-])O2)c(=O)[nH]c1=O.[Na+].[Na+]. The maximum absolute atomic E-state index is 12.1.